The smallest absolute Gasteiger partial charge is 0.289 e. The van der Waals surface area contributed by atoms with Crippen molar-refractivity contribution in [1.29, 1.82) is 0 Å². The van der Waals surface area contributed by atoms with Crippen LogP contribution in [0.4, 0.5) is 0 Å². The molecule has 0 saturated carbocycles. The van der Waals surface area contributed by atoms with Gasteiger partial charge in [-0.2, -0.15) is 0 Å². The zero-order valence-corrected chi connectivity index (χ0v) is 14.7. The number of aromatic nitrogens is 1. The van der Waals surface area contributed by atoms with Gasteiger partial charge in [0, 0.05) is 25.7 Å². The minimum absolute atomic E-state index is 0.125. The zero-order valence-electron chi connectivity index (χ0n) is 13.9. The maximum absolute atomic E-state index is 12.1. The number of hydrogen-bond acceptors (Lipinski definition) is 5. The summed E-state index contributed by atoms with van der Waals surface area (Å²) in [6.45, 7) is 5.60. The predicted octanol–water partition coefficient (Wildman–Crippen LogP) is 1.27. The van der Waals surface area contributed by atoms with Gasteiger partial charge in [-0.3, -0.25) is 4.79 Å². The minimum Gasteiger partial charge on any atom is -0.351 e. The fraction of sp³-hybridized carbons (Fsp3) is 0.733. The highest BCUT2D eigenvalue weighted by Gasteiger charge is 2.26. The lowest BCUT2D eigenvalue weighted by atomic mass is 10.00. The Kier molecular flexibility index (Phi) is 5.80. The van der Waals surface area contributed by atoms with Crippen LogP contribution in [0.3, 0.4) is 0 Å². The van der Waals surface area contributed by atoms with Crippen LogP contribution in [0.15, 0.2) is 10.6 Å². The number of carbonyl (C=O) groups is 1. The van der Waals surface area contributed by atoms with Gasteiger partial charge in [-0.25, -0.2) is 12.7 Å². The first kappa shape index (κ1) is 17.9. The molecule has 1 fully saturated rings. The lowest BCUT2D eigenvalue weighted by Gasteiger charge is -2.30. The van der Waals surface area contributed by atoms with Crippen molar-refractivity contribution in [1.82, 2.24) is 14.8 Å². The Hall–Kier alpha value is -1.41. The Morgan fingerprint density at radius 2 is 2.26 bits per heavy atom. The van der Waals surface area contributed by atoms with Crippen LogP contribution in [-0.2, 0) is 16.4 Å². The molecule has 0 radical (unpaired) electrons. The second kappa shape index (κ2) is 7.44. The average molecular weight is 343 g/mol. The van der Waals surface area contributed by atoms with E-state index in [0.29, 0.717) is 25.6 Å². The lowest BCUT2D eigenvalue weighted by molar-refractivity contribution is 0.0904. The van der Waals surface area contributed by atoms with Crippen LogP contribution in [0.25, 0.3) is 0 Å². The molecule has 1 aliphatic heterocycles. The number of nitrogens with zero attached hydrogens (tertiary/aromatic N) is 2. The third kappa shape index (κ3) is 5.31. The summed E-state index contributed by atoms with van der Waals surface area (Å²) >= 11 is 0. The third-order valence-electron chi connectivity index (χ3n) is 3.90. The molecule has 0 aliphatic carbocycles. The first-order valence-electron chi connectivity index (χ1n) is 7.94. The van der Waals surface area contributed by atoms with Crippen molar-refractivity contribution in [2.75, 3.05) is 25.9 Å². The molecule has 1 amide bonds. The van der Waals surface area contributed by atoms with E-state index in [9.17, 15) is 13.2 Å². The highest BCUT2D eigenvalue weighted by atomic mass is 32.2. The predicted molar refractivity (Wildman–Crippen MR) is 86.5 cm³/mol. The first-order valence-corrected chi connectivity index (χ1v) is 9.79. The topological polar surface area (TPSA) is 92.5 Å². The normalized spacial score (nSPS) is 19.9. The van der Waals surface area contributed by atoms with Gasteiger partial charge in [0.2, 0.25) is 15.8 Å². The van der Waals surface area contributed by atoms with Crippen LogP contribution in [-0.4, -0.2) is 49.7 Å². The van der Waals surface area contributed by atoms with Crippen molar-refractivity contribution in [3.63, 3.8) is 0 Å². The fourth-order valence-electron chi connectivity index (χ4n) is 2.75. The SMILES string of the molecule is CC(C)Cc1cc(C(=O)NCC2CCCN(S(C)(=O)=O)C2)on1. The average Bonchev–Trinajstić information content (AvgIpc) is 2.92. The number of piperidine rings is 1. The molecule has 1 N–H and O–H groups in total. The largest absolute Gasteiger partial charge is 0.351 e. The van der Waals surface area contributed by atoms with Crippen LogP contribution in [0, 0.1) is 11.8 Å². The molecule has 1 unspecified atom stereocenters. The van der Waals surface area contributed by atoms with Gasteiger partial charge in [-0.15, -0.1) is 0 Å². The monoisotopic (exact) mass is 343 g/mol. The Labute approximate surface area is 137 Å². The van der Waals surface area contributed by atoms with Crippen molar-refractivity contribution in [2.24, 2.45) is 11.8 Å². The standard InChI is InChI=1S/C15H25N3O4S/c1-11(2)7-13-8-14(22-17-13)15(19)16-9-12-5-4-6-18(10-12)23(3,20)21/h8,11-12H,4-7,9-10H2,1-3H3,(H,16,19). The first-order chi connectivity index (χ1) is 10.8. The van der Waals surface area contributed by atoms with Gasteiger partial charge >= 0.3 is 0 Å². The minimum atomic E-state index is -3.17. The molecule has 0 spiro atoms. The van der Waals surface area contributed by atoms with E-state index in [4.69, 9.17) is 4.52 Å². The highest BCUT2D eigenvalue weighted by Crippen LogP contribution is 2.18. The quantitative estimate of drug-likeness (QED) is 0.840. The van der Waals surface area contributed by atoms with E-state index >= 15 is 0 Å². The number of carbonyl (C=O) groups excluding carboxylic acids is 1. The Morgan fingerprint density at radius 1 is 1.52 bits per heavy atom. The maximum atomic E-state index is 12.1. The number of rotatable bonds is 6. The summed E-state index contributed by atoms with van der Waals surface area (Å²) in [5.41, 5.74) is 0.770. The molecule has 8 heteroatoms. The number of hydrogen-bond donors (Lipinski definition) is 1. The van der Waals surface area contributed by atoms with E-state index < -0.39 is 10.0 Å². The molecular weight excluding hydrogens is 318 g/mol. The molecule has 1 saturated heterocycles. The summed E-state index contributed by atoms with van der Waals surface area (Å²) in [7, 11) is -3.17. The molecule has 23 heavy (non-hydrogen) atoms. The summed E-state index contributed by atoms with van der Waals surface area (Å²) in [4.78, 5) is 12.1. The van der Waals surface area contributed by atoms with Crippen molar-refractivity contribution in [3.05, 3.63) is 17.5 Å². The summed E-state index contributed by atoms with van der Waals surface area (Å²) in [6, 6.07) is 1.67. The third-order valence-corrected chi connectivity index (χ3v) is 5.17. The molecule has 0 aromatic carbocycles. The van der Waals surface area contributed by atoms with Crippen molar-refractivity contribution < 1.29 is 17.7 Å². The molecule has 1 atom stereocenters. The zero-order chi connectivity index (χ0) is 17.0. The van der Waals surface area contributed by atoms with Crippen LogP contribution >= 0.6 is 0 Å². The maximum Gasteiger partial charge on any atom is 0.289 e. The van der Waals surface area contributed by atoms with Gasteiger partial charge in [0.1, 0.15) is 0 Å². The summed E-state index contributed by atoms with van der Waals surface area (Å²) in [5.74, 6) is 0.473. The Bertz CT molecular complexity index is 639. The van der Waals surface area contributed by atoms with E-state index in [1.807, 2.05) is 0 Å². The molecule has 1 aromatic rings. The van der Waals surface area contributed by atoms with Crippen LogP contribution in [0.1, 0.15) is 42.9 Å². The molecule has 2 heterocycles. The molecule has 2 rings (SSSR count). The summed E-state index contributed by atoms with van der Waals surface area (Å²) in [6.07, 6.45) is 3.71. The molecule has 1 aromatic heterocycles. The van der Waals surface area contributed by atoms with E-state index in [-0.39, 0.29) is 17.6 Å². The second-order valence-electron chi connectivity index (χ2n) is 6.62. The van der Waals surface area contributed by atoms with E-state index in [0.717, 1.165) is 25.0 Å². The van der Waals surface area contributed by atoms with E-state index in [1.165, 1.54) is 10.6 Å². The number of sulfonamides is 1. The highest BCUT2D eigenvalue weighted by molar-refractivity contribution is 7.88. The molecule has 7 nitrogen and oxygen atoms in total. The summed E-state index contributed by atoms with van der Waals surface area (Å²) in [5, 5.41) is 6.71. The number of amides is 1. The van der Waals surface area contributed by atoms with Gasteiger partial charge in [0.25, 0.3) is 5.91 Å². The van der Waals surface area contributed by atoms with Gasteiger partial charge in [0.05, 0.1) is 11.9 Å². The lowest BCUT2D eigenvalue weighted by Crippen LogP contribution is -2.43. The van der Waals surface area contributed by atoms with Crippen molar-refractivity contribution in [2.45, 2.75) is 33.1 Å². The van der Waals surface area contributed by atoms with Gasteiger partial charge in [0.15, 0.2) is 0 Å². The molecular formula is C15H25N3O4S. The van der Waals surface area contributed by atoms with Gasteiger partial charge in [-0.1, -0.05) is 19.0 Å². The number of nitrogens with one attached hydrogen (secondary N) is 1. The second-order valence-corrected chi connectivity index (χ2v) is 8.60. The molecule has 130 valence electrons. The molecule has 1 aliphatic rings. The van der Waals surface area contributed by atoms with Crippen LogP contribution in [0.2, 0.25) is 0 Å². The Morgan fingerprint density at radius 3 is 2.91 bits per heavy atom. The van der Waals surface area contributed by atoms with E-state index in [1.54, 1.807) is 6.07 Å². The van der Waals surface area contributed by atoms with Crippen LogP contribution < -0.4 is 5.32 Å². The fourth-order valence-corrected chi connectivity index (χ4v) is 3.69. The van der Waals surface area contributed by atoms with Crippen LogP contribution in [0.5, 0.6) is 0 Å². The Balaban J connectivity index is 1.85. The van der Waals surface area contributed by atoms with Gasteiger partial charge < -0.3 is 9.84 Å². The van der Waals surface area contributed by atoms with Gasteiger partial charge in [-0.05, 0) is 31.1 Å². The van der Waals surface area contributed by atoms with E-state index in [2.05, 4.69) is 24.3 Å². The van der Waals surface area contributed by atoms with Crippen molar-refractivity contribution >= 4 is 15.9 Å². The van der Waals surface area contributed by atoms with Crippen molar-refractivity contribution in [3.8, 4) is 0 Å². The summed E-state index contributed by atoms with van der Waals surface area (Å²) < 4.78 is 29.7. The molecule has 0 bridgehead atoms.